The second kappa shape index (κ2) is 17.4. The third-order valence-electron chi connectivity index (χ3n) is 8.55. The number of hydrogen-bond donors (Lipinski definition) is 5. The van der Waals surface area contributed by atoms with Crippen LogP contribution in [0.3, 0.4) is 0 Å². The quantitative estimate of drug-likeness (QED) is 0.111. The van der Waals surface area contributed by atoms with Gasteiger partial charge in [0.05, 0.1) is 51.8 Å². The van der Waals surface area contributed by atoms with Crippen molar-refractivity contribution in [3.05, 3.63) is 84.7 Å². The van der Waals surface area contributed by atoms with E-state index in [-0.39, 0.29) is 36.9 Å². The standard InChI is InChI=1S/C17H17FN7O6P.C17H16FN7O3/c1-24-22-16(21-23-24)20-15-5-2-10(7-19-15)13-4-3-11(6-14(13)18)25-8-12(31-17(25)26)9-30-32(27,28)29;1-24-22-16(21-23-24)20-15-5-2-10(7-19-15)13-4-3-11(6-14(13)18)25-8-12(9-26)28-17(25)27/h2-7,12H,8-9H2,1H3,(H,19,20,22)(H2,27,28,29);2-7,12,26H,8-9H2,1H3,(H,19,20,22)/t2*12-/m11/s1. The molecule has 2 fully saturated rings. The number of tetrazole rings is 2. The summed E-state index contributed by atoms with van der Waals surface area (Å²) < 4.78 is 54.6. The van der Waals surface area contributed by atoms with Crippen LogP contribution in [-0.4, -0.2) is 116 Å². The van der Waals surface area contributed by atoms with Crippen LogP contribution in [0, 0.1) is 11.6 Å². The SMILES string of the molecule is Cn1nnc(Nc2ccc(-c3ccc(N4C[C@H](CO)OC4=O)cc3F)cn2)n1.Cn1nnc(Nc2ccc(-c3ccc(N4C[C@H](COP(=O)(O)O)OC4=O)cc3F)cn2)n1. The highest BCUT2D eigenvalue weighted by Gasteiger charge is 2.35. The highest BCUT2D eigenvalue weighted by atomic mass is 31.2. The van der Waals surface area contributed by atoms with E-state index in [2.05, 4.69) is 55.9 Å². The van der Waals surface area contributed by atoms with E-state index in [1.54, 1.807) is 50.5 Å². The lowest BCUT2D eigenvalue weighted by molar-refractivity contribution is 0.0880. The Labute approximate surface area is 336 Å². The molecule has 0 aliphatic carbocycles. The number of phosphoric acid groups is 1. The molecular weight excluding hydrogens is 817 g/mol. The summed E-state index contributed by atoms with van der Waals surface area (Å²) >= 11 is 0. The van der Waals surface area contributed by atoms with Gasteiger partial charge in [-0.2, -0.15) is 9.59 Å². The van der Waals surface area contributed by atoms with Crippen molar-refractivity contribution in [1.29, 1.82) is 0 Å². The number of phosphoric ester groups is 1. The minimum absolute atomic E-state index is 0.0457. The number of pyridine rings is 2. The zero-order chi connectivity index (χ0) is 42.6. The van der Waals surface area contributed by atoms with E-state index in [4.69, 9.17) is 24.4 Å². The summed E-state index contributed by atoms with van der Waals surface area (Å²) in [5.41, 5.74) is 2.27. The molecule has 2 aliphatic heterocycles. The van der Waals surface area contributed by atoms with Gasteiger partial charge in [-0.1, -0.05) is 10.2 Å². The number of aromatic nitrogens is 10. The first-order chi connectivity index (χ1) is 28.7. The van der Waals surface area contributed by atoms with Crippen molar-refractivity contribution in [1.82, 2.24) is 50.4 Å². The fourth-order valence-electron chi connectivity index (χ4n) is 5.79. The number of hydrogen-bond acceptors (Lipinski definition) is 17. The Kier molecular flexibility index (Phi) is 11.9. The van der Waals surface area contributed by atoms with Crippen LogP contribution in [0.4, 0.5) is 53.3 Å². The number of aliphatic hydroxyl groups is 1. The van der Waals surface area contributed by atoms with Crippen molar-refractivity contribution in [2.75, 3.05) is 46.7 Å². The molecule has 2 amide bonds. The minimum Gasteiger partial charge on any atom is -0.441 e. The Hall–Kier alpha value is -7.05. The monoisotopic (exact) mass is 850 g/mol. The van der Waals surface area contributed by atoms with Crippen LogP contribution >= 0.6 is 7.82 Å². The van der Waals surface area contributed by atoms with Crippen molar-refractivity contribution in [2.45, 2.75) is 12.2 Å². The summed E-state index contributed by atoms with van der Waals surface area (Å²) in [6.45, 7) is -0.634. The molecule has 0 unspecified atom stereocenters. The maximum Gasteiger partial charge on any atom is 0.469 e. The van der Waals surface area contributed by atoms with Gasteiger partial charge in [0.15, 0.2) is 0 Å². The number of rotatable bonds is 12. The first-order valence-corrected chi connectivity index (χ1v) is 19.1. The number of carbonyl (C=O) groups is 2. The maximum atomic E-state index is 14.8. The van der Waals surface area contributed by atoms with Crippen LogP contribution in [0.1, 0.15) is 0 Å². The molecule has 60 heavy (non-hydrogen) atoms. The zero-order valence-electron chi connectivity index (χ0n) is 31.3. The number of amides is 2. The molecule has 0 radical (unpaired) electrons. The highest BCUT2D eigenvalue weighted by Crippen LogP contribution is 2.37. The summed E-state index contributed by atoms with van der Waals surface area (Å²) in [7, 11) is -1.42. The number of carbonyl (C=O) groups excluding carboxylic acids is 2. The molecule has 6 heterocycles. The van der Waals surface area contributed by atoms with Gasteiger partial charge in [-0.25, -0.2) is 32.9 Å². The molecule has 2 saturated heterocycles. The van der Waals surface area contributed by atoms with Crippen LogP contribution in [-0.2, 0) is 32.7 Å². The molecule has 2 atom stereocenters. The molecule has 26 heteroatoms. The number of nitrogens with zero attached hydrogens (tertiary/aromatic N) is 12. The third kappa shape index (κ3) is 9.96. The van der Waals surface area contributed by atoms with Crippen LogP contribution in [0.2, 0.25) is 0 Å². The minimum atomic E-state index is -4.69. The number of anilines is 6. The number of nitrogens with one attached hydrogen (secondary N) is 2. The largest absolute Gasteiger partial charge is 0.469 e. The molecule has 312 valence electrons. The summed E-state index contributed by atoms with van der Waals surface area (Å²) in [5, 5.41) is 37.8. The smallest absolute Gasteiger partial charge is 0.441 e. The Balaban J connectivity index is 0.000000183. The molecule has 0 spiro atoms. The predicted molar refractivity (Wildman–Crippen MR) is 204 cm³/mol. The van der Waals surface area contributed by atoms with E-state index >= 15 is 0 Å². The Morgan fingerprint density at radius 2 is 1.22 bits per heavy atom. The van der Waals surface area contributed by atoms with E-state index in [0.717, 1.165) is 4.90 Å². The van der Waals surface area contributed by atoms with E-state index in [9.17, 15) is 22.9 Å². The highest BCUT2D eigenvalue weighted by molar-refractivity contribution is 7.46. The van der Waals surface area contributed by atoms with Crippen molar-refractivity contribution < 1.29 is 51.8 Å². The van der Waals surface area contributed by atoms with Crippen molar-refractivity contribution in [2.24, 2.45) is 14.1 Å². The zero-order valence-corrected chi connectivity index (χ0v) is 32.2. The lowest BCUT2D eigenvalue weighted by atomic mass is 10.1. The fraction of sp³-hybridized carbons (Fsp3) is 0.235. The van der Waals surface area contributed by atoms with Crippen LogP contribution in [0.15, 0.2) is 73.1 Å². The number of aryl methyl sites for hydroxylation is 2. The van der Waals surface area contributed by atoms with Gasteiger partial charge in [-0.3, -0.25) is 14.3 Å². The lowest BCUT2D eigenvalue weighted by Crippen LogP contribution is -2.25. The Bertz CT molecular complexity index is 2540. The summed E-state index contributed by atoms with van der Waals surface area (Å²) in [6.07, 6.45) is 0.0975. The van der Waals surface area contributed by atoms with E-state index in [0.29, 0.717) is 40.0 Å². The van der Waals surface area contributed by atoms with Gasteiger partial charge in [-0.15, -0.1) is 10.2 Å². The number of halogens is 2. The van der Waals surface area contributed by atoms with Gasteiger partial charge in [-0.05, 0) is 71.1 Å². The number of cyclic esters (lactones) is 2. The van der Waals surface area contributed by atoms with Crippen molar-refractivity contribution in [3.63, 3.8) is 0 Å². The van der Waals surface area contributed by atoms with Crippen LogP contribution < -0.4 is 20.4 Å². The van der Waals surface area contributed by atoms with Crippen molar-refractivity contribution in [3.8, 4) is 22.3 Å². The molecule has 5 N–H and O–H groups in total. The summed E-state index contributed by atoms with van der Waals surface area (Å²) in [4.78, 5) is 54.9. The first kappa shape index (κ1) is 41.1. The second-order valence-electron chi connectivity index (χ2n) is 12.8. The molecule has 23 nitrogen and oxygen atoms in total. The van der Waals surface area contributed by atoms with Gasteiger partial charge in [0.2, 0.25) is 0 Å². The molecule has 8 rings (SSSR count). The number of benzene rings is 2. The number of ether oxygens (including phenoxy) is 2. The fourth-order valence-corrected chi connectivity index (χ4v) is 6.15. The molecular formula is C34H33F2N14O9P. The first-order valence-electron chi connectivity index (χ1n) is 17.5. The van der Waals surface area contributed by atoms with Crippen molar-refractivity contribution >= 4 is 54.9 Å². The van der Waals surface area contributed by atoms with Crippen LogP contribution in [0.25, 0.3) is 22.3 Å². The average molecular weight is 851 g/mol. The summed E-state index contributed by atoms with van der Waals surface area (Å²) in [6, 6.07) is 15.3. The van der Waals surface area contributed by atoms with Crippen LogP contribution in [0.5, 0.6) is 0 Å². The predicted octanol–water partition coefficient (Wildman–Crippen LogP) is 3.06. The van der Waals surface area contributed by atoms with E-state index < -0.39 is 50.5 Å². The molecule has 2 aliphatic rings. The molecule has 6 aromatic rings. The lowest BCUT2D eigenvalue weighted by Gasteiger charge is -2.14. The Morgan fingerprint density at radius 1 is 0.750 bits per heavy atom. The average Bonchev–Trinajstić information content (AvgIpc) is 4.02. The Morgan fingerprint density at radius 3 is 1.58 bits per heavy atom. The summed E-state index contributed by atoms with van der Waals surface area (Å²) in [5.74, 6) is 0.409. The number of aliphatic hydroxyl groups excluding tert-OH is 1. The maximum absolute atomic E-state index is 14.8. The van der Waals surface area contributed by atoms with Gasteiger partial charge in [0.1, 0.15) is 35.5 Å². The van der Waals surface area contributed by atoms with Gasteiger partial charge in [0, 0.05) is 34.6 Å². The second-order valence-corrected chi connectivity index (χ2v) is 14.1. The molecule has 0 bridgehead atoms. The van der Waals surface area contributed by atoms with E-state index in [1.165, 1.54) is 51.2 Å². The topological polar surface area (TPSA) is 283 Å². The van der Waals surface area contributed by atoms with Gasteiger partial charge < -0.3 is 35.0 Å². The van der Waals surface area contributed by atoms with Gasteiger partial charge >= 0.3 is 20.0 Å². The van der Waals surface area contributed by atoms with E-state index in [1.807, 2.05) is 0 Å². The molecule has 4 aromatic heterocycles. The molecule has 0 saturated carbocycles. The van der Waals surface area contributed by atoms with Gasteiger partial charge in [0.25, 0.3) is 11.9 Å². The molecule has 2 aromatic carbocycles. The normalized spacial score (nSPS) is 16.3. The third-order valence-corrected chi connectivity index (χ3v) is 9.04.